The van der Waals surface area contributed by atoms with Crippen molar-refractivity contribution >= 4 is 29.0 Å². The first kappa shape index (κ1) is 21.0. The Balaban J connectivity index is 1.67. The fraction of sp³-hybridized carbons (Fsp3) is 0.263. The number of hydrogen-bond donors (Lipinski definition) is 2. The summed E-state index contributed by atoms with van der Waals surface area (Å²) in [7, 11) is 1.46. The van der Waals surface area contributed by atoms with Gasteiger partial charge in [0.05, 0.1) is 42.7 Å². The predicted molar refractivity (Wildman–Crippen MR) is 112 cm³/mol. The minimum absolute atomic E-state index is 0.00844. The molecule has 2 aromatic heterocycles. The molecule has 4 rings (SSSR count). The van der Waals surface area contributed by atoms with Crippen molar-refractivity contribution in [3.63, 3.8) is 0 Å². The first-order chi connectivity index (χ1) is 15.5. The van der Waals surface area contributed by atoms with Gasteiger partial charge in [0, 0.05) is 43.7 Å². The van der Waals surface area contributed by atoms with Crippen LogP contribution in [0, 0.1) is 10.1 Å². The molecular formula is C19H19N7O6. The number of benzene rings is 1. The van der Waals surface area contributed by atoms with Gasteiger partial charge in [0.1, 0.15) is 11.4 Å². The molecule has 3 heterocycles. The molecule has 0 atom stereocenters. The minimum atomic E-state index is -1.11. The van der Waals surface area contributed by atoms with Gasteiger partial charge in [-0.2, -0.15) is 10.1 Å². The zero-order valence-electron chi connectivity index (χ0n) is 17.0. The van der Waals surface area contributed by atoms with Gasteiger partial charge in [0.25, 0.3) is 5.69 Å². The van der Waals surface area contributed by atoms with Gasteiger partial charge in [-0.05, 0) is 0 Å². The Labute approximate surface area is 181 Å². The van der Waals surface area contributed by atoms with Crippen LogP contribution in [0.4, 0.5) is 23.0 Å². The zero-order chi connectivity index (χ0) is 22.7. The van der Waals surface area contributed by atoms with E-state index in [-0.39, 0.29) is 17.2 Å². The molecule has 1 aromatic carbocycles. The van der Waals surface area contributed by atoms with Crippen LogP contribution in [-0.4, -0.2) is 69.2 Å². The summed E-state index contributed by atoms with van der Waals surface area (Å²) in [5.41, 5.74) is 0.659. The lowest BCUT2D eigenvalue weighted by molar-refractivity contribution is -0.384. The fourth-order valence-corrected chi connectivity index (χ4v) is 3.24. The van der Waals surface area contributed by atoms with Crippen molar-refractivity contribution in [2.75, 3.05) is 43.6 Å². The standard InChI is InChI=1S/C19H19N7O6/c1-31-16-9-14(24-4-6-32-7-5-24)15(26(29)30)8-13(16)22-19-20-3-2-17(23-19)25-11-12(10-21-25)18(27)28/h2-3,8-11H,4-7H2,1H3,(H,27,28)(H,20,22,23). The molecule has 1 saturated heterocycles. The molecule has 0 spiro atoms. The van der Waals surface area contributed by atoms with Crippen LogP contribution in [0.15, 0.2) is 36.8 Å². The Morgan fingerprint density at radius 3 is 2.78 bits per heavy atom. The Bertz CT molecular complexity index is 1160. The molecule has 32 heavy (non-hydrogen) atoms. The maximum atomic E-state index is 11.8. The van der Waals surface area contributed by atoms with Gasteiger partial charge in [-0.15, -0.1) is 0 Å². The maximum absolute atomic E-state index is 11.8. The third-order valence-corrected chi connectivity index (χ3v) is 4.80. The zero-order valence-corrected chi connectivity index (χ0v) is 17.0. The van der Waals surface area contributed by atoms with Crippen LogP contribution in [0.2, 0.25) is 0 Å². The Morgan fingerprint density at radius 1 is 1.34 bits per heavy atom. The van der Waals surface area contributed by atoms with Crippen molar-refractivity contribution in [2.45, 2.75) is 0 Å². The number of morpholine rings is 1. The largest absolute Gasteiger partial charge is 0.494 e. The number of ether oxygens (including phenoxy) is 2. The van der Waals surface area contributed by atoms with Gasteiger partial charge in [-0.3, -0.25) is 10.1 Å². The minimum Gasteiger partial charge on any atom is -0.494 e. The number of methoxy groups -OCH3 is 1. The smallest absolute Gasteiger partial charge is 0.338 e. The molecule has 0 unspecified atom stereocenters. The SMILES string of the molecule is COc1cc(N2CCOCC2)c([N+](=O)[O-])cc1Nc1nccc(-n2cc(C(=O)O)cn2)n1. The summed E-state index contributed by atoms with van der Waals surface area (Å²) in [4.78, 5) is 32.7. The van der Waals surface area contributed by atoms with E-state index in [1.807, 2.05) is 4.90 Å². The number of aromatic carboxylic acids is 1. The van der Waals surface area contributed by atoms with Gasteiger partial charge in [0.15, 0.2) is 5.82 Å². The summed E-state index contributed by atoms with van der Waals surface area (Å²) >= 11 is 0. The number of aromatic nitrogens is 4. The average Bonchev–Trinajstić information content (AvgIpc) is 3.30. The molecule has 1 fully saturated rings. The number of carboxylic acid groups (broad SMARTS) is 1. The number of hydrogen-bond acceptors (Lipinski definition) is 10. The van der Waals surface area contributed by atoms with E-state index in [9.17, 15) is 14.9 Å². The average molecular weight is 441 g/mol. The normalized spacial score (nSPS) is 13.6. The van der Waals surface area contributed by atoms with Crippen molar-refractivity contribution in [2.24, 2.45) is 0 Å². The summed E-state index contributed by atoms with van der Waals surface area (Å²) in [5.74, 6) is -0.297. The van der Waals surface area contributed by atoms with E-state index in [0.717, 1.165) is 0 Å². The van der Waals surface area contributed by atoms with E-state index in [4.69, 9.17) is 14.6 Å². The molecule has 0 radical (unpaired) electrons. The van der Waals surface area contributed by atoms with Crippen LogP contribution < -0.4 is 15.0 Å². The molecule has 3 aromatic rings. The topological polar surface area (TPSA) is 158 Å². The lowest BCUT2D eigenvalue weighted by atomic mass is 10.2. The van der Waals surface area contributed by atoms with Gasteiger partial charge in [-0.25, -0.2) is 14.5 Å². The first-order valence-electron chi connectivity index (χ1n) is 9.54. The first-order valence-corrected chi connectivity index (χ1v) is 9.54. The van der Waals surface area contributed by atoms with Crippen LogP contribution in [0.1, 0.15) is 10.4 Å². The summed E-state index contributed by atoms with van der Waals surface area (Å²) in [6.07, 6.45) is 3.97. The Kier molecular flexibility index (Phi) is 5.81. The van der Waals surface area contributed by atoms with Gasteiger partial charge < -0.3 is 24.8 Å². The third kappa shape index (κ3) is 4.27. The summed E-state index contributed by atoms with van der Waals surface area (Å²) < 4.78 is 12.1. The van der Waals surface area contributed by atoms with Crippen LogP contribution in [0.25, 0.3) is 5.82 Å². The molecule has 13 nitrogen and oxygen atoms in total. The van der Waals surface area contributed by atoms with Crippen molar-refractivity contribution in [3.05, 3.63) is 52.5 Å². The number of rotatable bonds is 7. The number of carbonyl (C=O) groups is 1. The molecular weight excluding hydrogens is 422 g/mol. The molecule has 0 saturated carbocycles. The van der Waals surface area contributed by atoms with Gasteiger partial charge in [-0.1, -0.05) is 0 Å². The summed E-state index contributed by atoms with van der Waals surface area (Å²) in [5, 5.41) is 27.7. The maximum Gasteiger partial charge on any atom is 0.338 e. The monoisotopic (exact) mass is 441 g/mol. The highest BCUT2D eigenvalue weighted by molar-refractivity contribution is 5.87. The summed E-state index contributed by atoms with van der Waals surface area (Å²) in [6, 6.07) is 4.52. The number of nitro benzene ring substituents is 1. The predicted octanol–water partition coefficient (Wildman–Crippen LogP) is 1.86. The molecule has 1 aliphatic heterocycles. The van der Waals surface area contributed by atoms with Crippen LogP contribution >= 0.6 is 0 Å². The van der Waals surface area contributed by atoms with E-state index in [1.54, 1.807) is 12.1 Å². The second-order valence-corrected chi connectivity index (χ2v) is 6.74. The van der Waals surface area contributed by atoms with Crippen LogP contribution in [0.3, 0.4) is 0 Å². The number of nitrogens with zero attached hydrogens (tertiary/aromatic N) is 6. The van der Waals surface area contributed by atoms with E-state index < -0.39 is 10.9 Å². The highest BCUT2D eigenvalue weighted by Gasteiger charge is 2.25. The van der Waals surface area contributed by atoms with E-state index >= 15 is 0 Å². The van der Waals surface area contributed by atoms with Crippen molar-refractivity contribution in [1.82, 2.24) is 19.7 Å². The lowest BCUT2D eigenvalue weighted by Gasteiger charge is -2.29. The number of nitrogens with one attached hydrogen (secondary N) is 1. The fourth-order valence-electron chi connectivity index (χ4n) is 3.24. The molecule has 2 N–H and O–H groups in total. The van der Waals surface area contributed by atoms with Crippen molar-refractivity contribution in [1.29, 1.82) is 0 Å². The van der Waals surface area contributed by atoms with E-state index in [2.05, 4.69) is 20.4 Å². The summed E-state index contributed by atoms with van der Waals surface area (Å²) in [6.45, 7) is 2.03. The van der Waals surface area contributed by atoms with Crippen molar-refractivity contribution in [3.8, 4) is 11.6 Å². The lowest BCUT2D eigenvalue weighted by Crippen LogP contribution is -2.36. The highest BCUT2D eigenvalue weighted by atomic mass is 16.6. The number of anilines is 3. The molecule has 13 heteroatoms. The third-order valence-electron chi connectivity index (χ3n) is 4.80. The number of nitro groups is 1. The molecule has 0 aliphatic carbocycles. The van der Waals surface area contributed by atoms with Gasteiger partial charge >= 0.3 is 5.97 Å². The second-order valence-electron chi connectivity index (χ2n) is 6.74. The van der Waals surface area contributed by atoms with Crippen LogP contribution in [-0.2, 0) is 4.74 Å². The van der Waals surface area contributed by atoms with Crippen LogP contribution in [0.5, 0.6) is 5.75 Å². The molecule has 1 aliphatic rings. The van der Waals surface area contributed by atoms with E-state index in [1.165, 1.54) is 36.4 Å². The Hall–Kier alpha value is -4.26. The molecule has 166 valence electrons. The second kappa shape index (κ2) is 8.85. The highest BCUT2D eigenvalue weighted by Crippen LogP contribution is 2.39. The quantitative estimate of drug-likeness (QED) is 0.407. The molecule has 0 bridgehead atoms. The molecule has 0 amide bonds. The van der Waals surface area contributed by atoms with Crippen molar-refractivity contribution < 1.29 is 24.3 Å². The van der Waals surface area contributed by atoms with Gasteiger partial charge in [0.2, 0.25) is 5.95 Å². The Morgan fingerprint density at radius 2 is 2.12 bits per heavy atom. The van der Waals surface area contributed by atoms with E-state index in [0.29, 0.717) is 49.2 Å². The number of carboxylic acids is 1.